The number of aryl methyl sites for hydroxylation is 2. The molecule has 0 unspecified atom stereocenters. The lowest BCUT2D eigenvalue weighted by atomic mass is 10.3. The molecule has 0 atom stereocenters. The lowest BCUT2D eigenvalue weighted by Crippen LogP contribution is -2.19. The second-order valence-electron chi connectivity index (χ2n) is 4.70. The van der Waals surface area contributed by atoms with Crippen molar-refractivity contribution in [2.45, 2.75) is 19.0 Å². The van der Waals surface area contributed by atoms with Crippen LogP contribution in [0.4, 0.5) is 4.39 Å². The molecule has 0 aliphatic carbocycles. The molecular formula is C16H14ClFN4OS. The fraction of sp³-hybridized carbons (Fsp3) is 0.188. The van der Waals surface area contributed by atoms with E-state index in [1.807, 2.05) is 13.8 Å². The summed E-state index contributed by atoms with van der Waals surface area (Å²) in [5, 5.41) is 4.79. The summed E-state index contributed by atoms with van der Waals surface area (Å²) in [6.07, 6.45) is 5.15. The van der Waals surface area contributed by atoms with Crippen molar-refractivity contribution in [2.75, 3.05) is 5.75 Å². The molecule has 0 amide bonds. The van der Waals surface area contributed by atoms with Gasteiger partial charge in [0.25, 0.3) is 0 Å². The first-order chi connectivity index (χ1) is 11.4. The van der Waals surface area contributed by atoms with Crippen LogP contribution < -0.4 is 5.69 Å². The highest BCUT2D eigenvalue weighted by atomic mass is 35.5. The number of fused-ring (bicyclic) bond motifs is 1. The van der Waals surface area contributed by atoms with Gasteiger partial charge < -0.3 is 0 Å². The van der Waals surface area contributed by atoms with E-state index in [2.05, 4.69) is 21.0 Å². The molecule has 0 saturated heterocycles. The number of hydrogen-bond acceptors (Lipinski definition) is 4. The number of aromatic nitrogens is 4. The third kappa shape index (κ3) is 4.16. The molecule has 5 nitrogen and oxygen atoms in total. The summed E-state index contributed by atoms with van der Waals surface area (Å²) in [7, 11) is 0. The molecule has 1 N–H and O–H groups in total. The van der Waals surface area contributed by atoms with Crippen molar-refractivity contribution in [3.05, 3.63) is 56.8 Å². The summed E-state index contributed by atoms with van der Waals surface area (Å²) in [4.78, 5) is 18.6. The molecule has 3 rings (SSSR count). The number of benzene rings is 1. The van der Waals surface area contributed by atoms with Gasteiger partial charge in [0, 0.05) is 5.56 Å². The Balaban J connectivity index is 0.000000219. The van der Waals surface area contributed by atoms with E-state index >= 15 is 0 Å². The molecule has 3 aromatic rings. The first-order valence-corrected chi connectivity index (χ1v) is 8.23. The van der Waals surface area contributed by atoms with Crippen LogP contribution in [0.15, 0.2) is 34.2 Å². The van der Waals surface area contributed by atoms with E-state index in [0.29, 0.717) is 16.6 Å². The van der Waals surface area contributed by atoms with Crippen LogP contribution in [0, 0.1) is 32.0 Å². The zero-order valence-electron chi connectivity index (χ0n) is 13.0. The van der Waals surface area contributed by atoms with Crippen LogP contribution in [0.1, 0.15) is 11.3 Å². The minimum atomic E-state index is -0.367. The Kier molecular flexibility index (Phi) is 6.01. The van der Waals surface area contributed by atoms with Gasteiger partial charge in [0.15, 0.2) is 10.8 Å². The van der Waals surface area contributed by atoms with E-state index in [-0.39, 0.29) is 16.5 Å². The minimum Gasteiger partial charge on any atom is -0.285 e. The predicted octanol–water partition coefficient (Wildman–Crippen LogP) is 3.24. The SMILES string of the molecule is C#CCSc1nc2c(C)c(C)nn2c(=O)[nH]1.Fc1ccccc1Cl. The number of terminal acetylenes is 1. The van der Waals surface area contributed by atoms with E-state index in [1.165, 1.54) is 28.4 Å². The minimum absolute atomic E-state index is 0.174. The van der Waals surface area contributed by atoms with Crippen LogP contribution in [0.5, 0.6) is 0 Å². The van der Waals surface area contributed by atoms with Gasteiger partial charge in [-0.15, -0.1) is 6.42 Å². The summed E-state index contributed by atoms with van der Waals surface area (Å²) in [5.74, 6) is 2.59. The van der Waals surface area contributed by atoms with Gasteiger partial charge in [0.1, 0.15) is 5.82 Å². The highest BCUT2D eigenvalue weighted by Gasteiger charge is 2.10. The molecule has 0 fully saturated rings. The summed E-state index contributed by atoms with van der Waals surface area (Å²) in [6.45, 7) is 3.73. The lowest BCUT2D eigenvalue weighted by molar-refractivity contribution is 0.628. The lowest BCUT2D eigenvalue weighted by Gasteiger charge is -1.98. The third-order valence-corrected chi connectivity index (χ3v) is 4.14. The van der Waals surface area contributed by atoms with Crippen molar-refractivity contribution in [3.63, 3.8) is 0 Å². The quantitative estimate of drug-likeness (QED) is 0.560. The van der Waals surface area contributed by atoms with Crippen molar-refractivity contribution in [2.24, 2.45) is 0 Å². The zero-order chi connectivity index (χ0) is 17.7. The fourth-order valence-corrected chi connectivity index (χ4v) is 2.42. The van der Waals surface area contributed by atoms with Gasteiger partial charge in [0.05, 0.1) is 16.5 Å². The van der Waals surface area contributed by atoms with E-state index in [0.717, 1.165) is 11.3 Å². The van der Waals surface area contributed by atoms with Crippen LogP contribution in [-0.4, -0.2) is 25.3 Å². The van der Waals surface area contributed by atoms with Gasteiger partial charge in [-0.2, -0.15) is 9.61 Å². The molecule has 24 heavy (non-hydrogen) atoms. The Morgan fingerprint density at radius 1 is 1.42 bits per heavy atom. The summed E-state index contributed by atoms with van der Waals surface area (Å²) < 4.78 is 13.5. The van der Waals surface area contributed by atoms with Crippen molar-refractivity contribution in [1.29, 1.82) is 0 Å². The van der Waals surface area contributed by atoms with E-state index in [1.54, 1.807) is 12.1 Å². The van der Waals surface area contributed by atoms with Gasteiger partial charge in [-0.05, 0) is 26.0 Å². The molecule has 0 bridgehead atoms. The Morgan fingerprint density at radius 2 is 2.12 bits per heavy atom. The van der Waals surface area contributed by atoms with Crippen molar-refractivity contribution < 1.29 is 4.39 Å². The van der Waals surface area contributed by atoms with Crippen LogP contribution in [0.25, 0.3) is 5.65 Å². The molecule has 0 spiro atoms. The molecule has 0 aliphatic heterocycles. The number of nitrogens with one attached hydrogen (secondary N) is 1. The second-order valence-corrected chi connectivity index (χ2v) is 6.07. The molecule has 124 valence electrons. The first-order valence-electron chi connectivity index (χ1n) is 6.86. The maximum atomic E-state index is 12.2. The number of halogens is 2. The van der Waals surface area contributed by atoms with E-state index in [4.69, 9.17) is 18.0 Å². The first kappa shape index (κ1) is 18.0. The predicted molar refractivity (Wildman–Crippen MR) is 94.0 cm³/mol. The molecule has 0 radical (unpaired) electrons. The molecule has 8 heteroatoms. The molecule has 0 saturated carbocycles. The topological polar surface area (TPSA) is 63.1 Å². The summed E-state index contributed by atoms with van der Waals surface area (Å²) in [5.41, 5.74) is 2.01. The standard InChI is InChI=1S/C10H10N4OS.C6H4ClF/c1-4-5-16-9-11-8-6(2)7(3)13-14(8)10(15)12-9;7-5-3-1-2-4-6(5)8/h1H,5H2,2-3H3,(H,11,12,15);1-4H. The fourth-order valence-electron chi connectivity index (χ4n) is 1.75. The normalized spacial score (nSPS) is 10.1. The van der Waals surface area contributed by atoms with Crippen molar-refractivity contribution in [1.82, 2.24) is 19.6 Å². The average molecular weight is 365 g/mol. The monoisotopic (exact) mass is 364 g/mol. The number of H-pyrrole nitrogens is 1. The second kappa shape index (κ2) is 7.99. The zero-order valence-corrected chi connectivity index (χ0v) is 14.6. The third-order valence-electron chi connectivity index (χ3n) is 3.06. The molecule has 1 aromatic carbocycles. The molecular weight excluding hydrogens is 351 g/mol. The summed E-state index contributed by atoms with van der Waals surface area (Å²) >= 11 is 6.66. The number of rotatable bonds is 2. The molecule has 2 heterocycles. The van der Waals surface area contributed by atoms with Crippen molar-refractivity contribution in [3.8, 4) is 12.3 Å². The largest absolute Gasteiger partial charge is 0.350 e. The smallest absolute Gasteiger partial charge is 0.285 e. The Hall–Kier alpha value is -2.30. The maximum absolute atomic E-state index is 12.2. The Bertz CT molecular complexity index is 940. The van der Waals surface area contributed by atoms with Gasteiger partial charge in [-0.3, -0.25) is 4.98 Å². The van der Waals surface area contributed by atoms with Gasteiger partial charge in [-0.25, -0.2) is 14.2 Å². The van der Waals surface area contributed by atoms with Crippen molar-refractivity contribution >= 4 is 29.0 Å². The van der Waals surface area contributed by atoms with Crippen LogP contribution in [0.3, 0.4) is 0 Å². The Morgan fingerprint density at radius 3 is 2.71 bits per heavy atom. The van der Waals surface area contributed by atoms with Gasteiger partial charge in [0.2, 0.25) is 0 Å². The van der Waals surface area contributed by atoms with E-state index < -0.39 is 0 Å². The number of thioether (sulfide) groups is 1. The van der Waals surface area contributed by atoms with E-state index in [9.17, 15) is 9.18 Å². The number of hydrogen-bond donors (Lipinski definition) is 1. The van der Waals surface area contributed by atoms with Gasteiger partial charge >= 0.3 is 5.69 Å². The maximum Gasteiger partial charge on any atom is 0.350 e. The highest BCUT2D eigenvalue weighted by Crippen LogP contribution is 2.14. The number of nitrogens with zero attached hydrogens (tertiary/aromatic N) is 3. The molecule has 2 aromatic heterocycles. The van der Waals surface area contributed by atoms with Crippen LogP contribution in [-0.2, 0) is 0 Å². The van der Waals surface area contributed by atoms with Gasteiger partial charge in [-0.1, -0.05) is 41.4 Å². The van der Waals surface area contributed by atoms with Crippen LogP contribution >= 0.6 is 23.4 Å². The Labute approximate surface area is 147 Å². The number of aromatic amines is 1. The average Bonchev–Trinajstić information content (AvgIpc) is 2.85. The van der Waals surface area contributed by atoms with Crippen LogP contribution in [0.2, 0.25) is 5.02 Å². The summed E-state index contributed by atoms with van der Waals surface area (Å²) in [6, 6.07) is 6.12. The highest BCUT2D eigenvalue weighted by molar-refractivity contribution is 7.99. The molecule has 0 aliphatic rings.